The summed E-state index contributed by atoms with van der Waals surface area (Å²) in [6.07, 6.45) is 7.59. The maximum Gasteiger partial charge on any atom is 0.227 e. The highest BCUT2D eigenvalue weighted by molar-refractivity contribution is 5.98. The first-order valence-electron chi connectivity index (χ1n) is 13.8. The highest BCUT2D eigenvalue weighted by Crippen LogP contribution is 2.37. The average Bonchev–Trinajstić information content (AvgIpc) is 3.34. The summed E-state index contributed by atoms with van der Waals surface area (Å²) >= 11 is 0. The molecule has 4 heterocycles. The Morgan fingerprint density at radius 2 is 1.78 bits per heavy atom. The second-order valence-corrected chi connectivity index (χ2v) is 10.7. The van der Waals surface area contributed by atoms with Gasteiger partial charge in [-0.25, -0.2) is 15.0 Å². The van der Waals surface area contributed by atoms with Crippen LogP contribution in [-0.4, -0.2) is 64.8 Å². The molecule has 1 aliphatic heterocycles. The number of pyridine rings is 1. The maximum atomic E-state index is 13.6. The number of halogens is 1. The van der Waals surface area contributed by atoms with Crippen molar-refractivity contribution >= 4 is 28.2 Å². The van der Waals surface area contributed by atoms with Crippen molar-refractivity contribution in [1.29, 1.82) is 0 Å². The Bertz CT molecular complexity index is 1670. The highest BCUT2D eigenvalue weighted by atomic mass is 19.1. The number of methoxy groups -OCH3 is 1. The van der Waals surface area contributed by atoms with Crippen molar-refractivity contribution in [2.24, 2.45) is 7.05 Å². The quantitative estimate of drug-likeness (QED) is 0.244. The lowest BCUT2D eigenvalue weighted by Crippen LogP contribution is -2.42. The Morgan fingerprint density at radius 1 is 0.976 bits per heavy atom. The number of piperidine rings is 1. The minimum absolute atomic E-state index is 0.452. The zero-order chi connectivity index (χ0) is 28.5. The van der Waals surface area contributed by atoms with E-state index in [9.17, 15) is 4.39 Å². The standard InChI is InChI=1S/C32H34FN7O/c1-38(2)23-13-15-40(16-14-23)28-11-10-22(17-29(28)41-4)36-32-35-19-25(21-9-12-30(33)34-18-21)31(37-32)26-20-39(3)27-8-6-5-7-24(26)27/h5-12,17-20,23H,13-16H2,1-4H3,(H,35,36,37). The fraction of sp³-hybridized carbons (Fsp3) is 0.281. The van der Waals surface area contributed by atoms with Gasteiger partial charge in [0.25, 0.3) is 0 Å². The van der Waals surface area contributed by atoms with Crippen LogP contribution in [0.5, 0.6) is 5.75 Å². The van der Waals surface area contributed by atoms with Crippen LogP contribution in [0.2, 0.25) is 0 Å². The van der Waals surface area contributed by atoms with Crippen LogP contribution in [0, 0.1) is 5.95 Å². The number of hydrogen-bond donors (Lipinski definition) is 1. The second kappa shape index (κ2) is 11.2. The van der Waals surface area contributed by atoms with Crippen molar-refractivity contribution in [3.05, 3.63) is 79.1 Å². The van der Waals surface area contributed by atoms with Crippen molar-refractivity contribution in [1.82, 2.24) is 24.4 Å². The number of aryl methyl sites for hydroxylation is 1. The van der Waals surface area contributed by atoms with Gasteiger partial charge in [-0.05, 0) is 57.3 Å². The van der Waals surface area contributed by atoms with Crippen LogP contribution in [-0.2, 0) is 7.05 Å². The molecular weight excluding hydrogens is 517 g/mol. The molecule has 1 fully saturated rings. The molecule has 1 aliphatic rings. The molecule has 210 valence electrons. The van der Waals surface area contributed by atoms with E-state index in [0.29, 0.717) is 12.0 Å². The van der Waals surface area contributed by atoms with Gasteiger partial charge in [-0.3, -0.25) is 0 Å². The number of ether oxygens (including phenoxy) is 1. The number of anilines is 3. The number of aromatic nitrogens is 4. The lowest BCUT2D eigenvalue weighted by atomic mass is 10.0. The third-order valence-corrected chi connectivity index (χ3v) is 7.95. The molecule has 8 nitrogen and oxygen atoms in total. The van der Waals surface area contributed by atoms with E-state index in [2.05, 4.69) is 68.1 Å². The minimum Gasteiger partial charge on any atom is -0.495 e. The van der Waals surface area contributed by atoms with Gasteiger partial charge in [-0.2, -0.15) is 4.39 Å². The molecule has 0 unspecified atom stereocenters. The van der Waals surface area contributed by atoms with Gasteiger partial charge in [-0.1, -0.05) is 18.2 Å². The van der Waals surface area contributed by atoms with E-state index in [1.807, 2.05) is 31.3 Å². The van der Waals surface area contributed by atoms with Gasteiger partial charge in [0.1, 0.15) is 5.75 Å². The third-order valence-electron chi connectivity index (χ3n) is 7.95. The fourth-order valence-corrected chi connectivity index (χ4v) is 5.69. The van der Waals surface area contributed by atoms with Gasteiger partial charge in [-0.15, -0.1) is 0 Å². The van der Waals surface area contributed by atoms with Crippen LogP contribution in [0.3, 0.4) is 0 Å². The first-order valence-corrected chi connectivity index (χ1v) is 13.8. The molecule has 0 aliphatic carbocycles. The molecule has 0 spiro atoms. The van der Waals surface area contributed by atoms with E-state index in [0.717, 1.165) is 76.3 Å². The van der Waals surface area contributed by atoms with E-state index >= 15 is 0 Å². The molecule has 0 bridgehead atoms. The zero-order valence-corrected chi connectivity index (χ0v) is 23.8. The van der Waals surface area contributed by atoms with Crippen LogP contribution in [0.4, 0.5) is 21.7 Å². The van der Waals surface area contributed by atoms with Gasteiger partial charge < -0.3 is 24.4 Å². The first-order chi connectivity index (χ1) is 19.9. The normalized spacial score (nSPS) is 14.1. The smallest absolute Gasteiger partial charge is 0.227 e. The predicted octanol–water partition coefficient (Wildman–Crippen LogP) is 6.12. The van der Waals surface area contributed by atoms with Crippen LogP contribution >= 0.6 is 0 Å². The molecule has 6 rings (SSSR count). The molecular formula is C32H34FN7O. The van der Waals surface area contributed by atoms with Crippen molar-refractivity contribution < 1.29 is 9.13 Å². The summed E-state index contributed by atoms with van der Waals surface area (Å²) in [5.74, 6) is 0.731. The summed E-state index contributed by atoms with van der Waals surface area (Å²) in [5, 5.41) is 4.44. The molecule has 0 amide bonds. The van der Waals surface area contributed by atoms with Gasteiger partial charge in [0.2, 0.25) is 11.9 Å². The number of para-hydroxylation sites is 1. The molecule has 2 aromatic carbocycles. The molecule has 0 saturated carbocycles. The van der Waals surface area contributed by atoms with Crippen LogP contribution in [0.1, 0.15) is 12.8 Å². The SMILES string of the molecule is COc1cc(Nc2ncc(-c3ccc(F)nc3)c(-c3cn(C)c4ccccc34)n2)ccc1N1CCC(N(C)C)CC1. The Kier molecular flexibility index (Phi) is 7.28. The molecule has 0 atom stereocenters. The molecule has 1 saturated heterocycles. The van der Waals surface area contributed by atoms with Crippen LogP contribution in [0.25, 0.3) is 33.3 Å². The van der Waals surface area contributed by atoms with Crippen LogP contribution < -0.4 is 15.0 Å². The number of hydrogen-bond acceptors (Lipinski definition) is 7. The Morgan fingerprint density at radius 3 is 2.51 bits per heavy atom. The molecule has 0 radical (unpaired) electrons. The summed E-state index contributed by atoms with van der Waals surface area (Å²) in [4.78, 5) is 18.2. The molecule has 41 heavy (non-hydrogen) atoms. The van der Waals surface area contributed by atoms with Gasteiger partial charge in [0, 0.05) is 84.1 Å². The minimum atomic E-state index is -0.529. The highest BCUT2D eigenvalue weighted by Gasteiger charge is 2.23. The summed E-state index contributed by atoms with van der Waals surface area (Å²) < 4.78 is 21.5. The number of nitrogens with one attached hydrogen (secondary N) is 1. The number of fused-ring (bicyclic) bond motifs is 1. The maximum absolute atomic E-state index is 13.6. The lowest BCUT2D eigenvalue weighted by Gasteiger charge is -2.37. The summed E-state index contributed by atoms with van der Waals surface area (Å²) in [5.41, 5.74) is 6.22. The predicted molar refractivity (Wildman–Crippen MR) is 162 cm³/mol. The second-order valence-electron chi connectivity index (χ2n) is 10.7. The number of benzene rings is 2. The molecule has 9 heteroatoms. The van der Waals surface area contributed by atoms with E-state index < -0.39 is 5.95 Å². The number of nitrogens with zero attached hydrogens (tertiary/aromatic N) is 6. The monoisotopic (exact) mass is 551 g/mol. The van der Waals surface area contributed by atoms with E-state index in [4.69, 9.17) is 9.72 Å². The summed E-state index contributed by atoms with van der Waals surface area (Å²) in [7, 11) is 8.02. The van der Waals surface area contributed by atoms with Crippen molar-refractivity contribution in [3.8, 4) is 28.1 Å². The Balaban J connectivity index is 1.35. The van der Waals surface area contributed by atoms with Crippen LogP contribution in [0.15, 0.2) is 73.2 Å². The Labute approximate surface area is 239 Å². The summed E-state index contributed by atoms with van der Waals surface area (Å²) in [6, 6.07) is 18.0. The van der Waals surface area contributed by atoms with E-state index in [1.165, 1.54) is 12.3 Å². The van der Waals surface area contributed by atoms with Gasteiger partial charge in [0.05, 0.1) is 18.5 Å². The molecule has 5 aromatic rings. The van der Waals surface area contributed by atoms with Crippen molar-refractivity contribution in [3.63, 3.8) is 0 Å². The Hall–Kier alpha value is -4.50. The summed E-state index contributed by atoms with van der Waals surface area (Å²) in [6.45, 7) is 1.98. The lowest BCUT2D eigenvalue weighted by molar-refractivity contribution is 0.249. The number of rotatable bonds is 7. The topological polar surface area (TPSA) is 71.3 Å². The average molecular weight is 552 g/mol. The first kappa shape index (κ1) is 26.7. The zero-order valence-electron chi connectivity index (χ0n) is 23.8. The van der Waals surface area contributed by atoms with E-state index in [1.54, 1.807) is 19.4 Å². The van der Waals surface area contributed by atoms with Crippen molar-refractivity contribution in [2.45, 2.75) is 18.9 Å². The largest absolute Gasteiger partial charge is 0.495 e. The molecule has 3 aromatic heterocycles. The van der Waals surface area contributed by atoms with Crippen molar-refractivity contribution in [2.75, 3.05) is 44.5 Å². The van der Waals surface area contributed by atoms with Gasteiger partial charge >= 0.3 is 0 Å². The third kappa shape index (κ3) is 5.32. The fourth-order valence-electron chi connectivity index (χ4n) is 5.69. The van der Waals surface area contributed by atoms with E-state index in [-0.39, 0.29) is 0 Å². The molecule has 1 N–H and O–H groups in total. The van der Waals surface area contributed by atoms with Gasteiger partial charge in [0.15, 0.2) is 0 Å².